The molecule has 0 radical (unpaired) electrons. The second-order valence-electron chi connectivity index (χ2n) is 2.08. The molecule has 0 spiro atoms. The van der Waals surface area contributed by atoms with Crippen LogP contribution in [0, 0.1) is 0 Å². The number of alkyl halides is 2. The number of carbonyl (C=O) groups excluding carboxylic acids is 2. The van der Waals surface area contributed by atoms with Gasteiger partial charge in [-0.3, -0.25) is 4.79 Å². The molecular formula is C7H6Cl4O3. The molecule has 0 saturated heterocycles. The van der Waals surface area contributed by atoms with Crippen molar-refractivity contribution in [2.75, 3.05) is 6.61 Å². The van der Waals surface area contributed by atoms with Crippen molar-refractivity contribution in [2.45, 2.75) is 11.3 Å². The van der Waals surface area contributed by atoms with Crippen LogP contribution in [0.5, 0.6) is 0 Å². The summed E-state index contributed by atoms with van der Waals surface area (Å²) in [4.78, 5) is 22.4. The lowest BCUT2D eigenvalue weighted by molar-refractivity contribution is -0.145. The van der Waals surface area contributed by atoms with E-state index in [0.29, 0.717) is 0 Å². The van der Waals surface area contributed by atoms with Crippen molar-refractivity contribution in [3.8, 4) is 0 Å². The second kappa shape index (κ2) is 5.81. The Balaban J connectivity index is 4.78. The van der Waals surface area contributed by atoms with Crippen LogP contribution in [-0.4, -0.2) is 22.7 Å². The van der Waals surface area contributed by atoms with E-state index in [9.17, 15) is 9.59 Å². The maximum Gasteiger partial charge on any atom is 0.350 e. The number of hydrogen-bond acceptors (Lipinski definition) is 3. The molecule has 0 atom stereocenters. The molecule has 0 aromatic heterocycles. The summed E-state index contributed by atoms with van der Waals surface area (Å²) in [5, 5.41) is -0.440. The Hall–Kier alpha value is 0.0400. The number of rotatable bonds is 4. The molecule has 0 heterocycles. The molecule has 0 aromatic carbocycles. The van der Waals surface area contributed by atoms with Crippen LogP contribution in [-0.2, 0) is 14.3 Å². The van der Waals surface area contributed by atoms with Crippen LogP contribution in [0.15, 0.2) is 10.6 Å². The first kappa shape index (κ1) is 14.0. The lowest BCUT2D eigenvalue weighted by Gasteiger charge is -2.14. The largest absolute Gasteiger partial charge is 0.463 e. The van der Waals surface area contributed by atoms with Gasteiger partial charge >= 0.3 is 5.97 Å². The fraction of sp³-hybridized carbons (Fsp3) is 0.429. The molecule has 0 unspecified atom stereocenters. The predicted octanol–water partition coefficient (Wildman–Crippen LogP) is 2.61. The van der Waals surface area contributed by atoms with Gasteiger partial charge in [-0.25, -0.2) is 4.79 Å². The zero-order valence-electron chi connectivity index (χ0n) is 7.02. The summed E-state index contributed by atoms with van der Waals surface area (Å²) < 4.78 is 2.12. The molecule has 0 aliphatic rings. The smallest absolute Gasteiger partial charge is 0.350 e. The highest BCUT2D eigenvalue weighted by atomic mass is 35.5. The van der Waals surface area contributed by atoms with Gasteiger partial charge in [-0.15, -0.1) is 0 Å². The van der Waals surface area contributed by atoms with E-state index in [1.54, 1.807) is 6.92 Å². The van der Waals surface area contributed by atoms with Crippen molar-refractivity contribution < 1.29 is 14.3 Å². The van der Waals surface area contributed by atoms with Crippen LogP contribution < -0.4 is 0 Å². The van der Waals surface area contributed by atoms with Crippen molar-refractivity contribution in [3.05, 3.63) is 10.6 Å². The van der Waals surface area contributed by atoms with Gasteiger partial charge in [-0.2, -0.15) is 0 Å². The van der Waals surface area contributed by atoms with E-state index in [4.69, 9.17) is 46.4 Å². The predicted molar refractivity (Wildman–Crippen MR) is 55.9 cm³/mol. The minimum absolute atomic E-state index is 0.0511. The van der Waals surface area contributed by atoms with Gasteiger partial charge in [0, 0.05) is 5.54 Å². The van der Waals surface area contributed by atoms with Crippen molar-refractivity contribution >= 4 is 58.2 Å². The maximum absolute atomic E-state index is 11.3. The van der Waals surface area contributed by atoms with Crippen LogP contribution in [0.25, 0.3) is 0 Å². The molecule has 0 N–H and O–H groups in total. The van der Waals surface area contributed by atoms with E-state index < -0.39 is 21.1 Å². The van der Waals surface area contributed by atoms with E-state index in [-0.39, 0.29) is 6.61 Å². The first-order valence-corrected chi connectivity index (χ1v) is 5.00. The van der Waals surface area contributed by atoms with E-state index in [1.165, 1.54) is 0 Å². The van der Waals surface area contributed by atoms with Crippen molar-refractivity contribution in [1.82, 2.24) is 0 Å². The highest BCUT2D eigenvalue weighted by molar-refractivity contribution is 6.71. The van der Waals surface area contributed by atoms with Gasteiger partial charge in [0.15, 0.2) is 0 Å². The van der Waals surface area contributed by atoms with Gasteiger partial charge in [0.25, 0.3) is 4.33 Å². The lowest BCUT2D eigenvalue weighted by atomic mass is 10.2. The fourth-order valence-corrected chi connectivity index (χ4v) is 1.16. The van der Waals surface area contributed by atoms with Crippen LogP contribution in [0.4, 0.5) is 0 Å². The number of esters is 1. The Labute approximate surface area is 101 Å². The highest BCUT2D eigenvalue weighted by Gasteiger charge is 2.44. The minimum atomic E-state index is -2.35. The third-order valence-electron chi connectivity index (χ3n) is 1.13. The summed E-state index contributed by atoms with van der Waals surface area (Å²) in [6, 6.07) is 0. The van der Waals surface area contributed by atoms with Crippen LogP contribution in [0.2, 0.25) is 0 Å². The molecule has 0 aliphatic heterocycles. The zero-order chi connectivity index (χ0) is 11.4. The molecule has 0 amide bonds. The quantitative estimate of drug-likeness (QED) is 0.344. The number of allylic oxidation sites excluding steroid dienone is 1. The summed E-state index contributed by atoms with van der Waals surface area (Å²) >= 11 is 21.4. The number of halogens is 4. The normalized spacial score (nSPS) is 12.5. The summed E-state index contributed by atoms with van der Waals surface area (Å²) in [6.45, 7) is 1.60. The minimum Gasteiger partial charge on any atom is -0.463 e. The fourth-order valence-electron chi connectivity index (χ4n) is 0.514. The molecule has 0 aliphatic carbocycles. The van der Waals surface area contributed by atoms with Gasteiger partial charge in [-0.05, 0) is 6.92 Å². The Morgan fingerprint density at radius 1 is 1.43 bits per heavy atom. The molecule has 80 valence electrons. The average molecular weight is 280 g/mol. The maximum atomic E-state index is 11.3. The summed E-state index contributed by atoms with van der Waals surface area (Å²) in [7, 11) is 0. The third-order valence-corrected chi connectivity index (χ3v) is 2.39. The molecule has 14 heavy (non-hydrogen) atoms. The number of hydrogen-bond donors (Lipinski definition) is 0. The van der Waals surface area contributed by atoms with Crippen molar-refractivity contribution in [1.29, 1.82) is 0 Å². The van der Waals surface area contributed by atoms with Gasteiger partial charge in [0.2, 0.25) is 5.78 Å². The van der Waals surface area contributed by atoms with E-state index in [2.05, 4.69) is 4.74 Å². The zero-order valence-corrected chi connectivity index (χ0v) is 10.0. The highest BCUT2D eigenvalue weighted by Crippen LogP contribution is 2.29. The molecular weight excluding hydrogens is 274 g/mol. The number of ether oxygens (including phenoxy) is 1. The molecule has 7 heteroatoms. The van der Waals surface area contributed by atoms with E-state index in [0.717, 1.165) is 5.54 Å². The summed E-state index contributed by atoms with van der Waals surface area (Å²) in [6.07, 6.45) is 0. The number of carbonyl (C=O) groups is 2. The molecule has 0 fully saturated rings. The molecule has 0 rings (SSSR count). The summed E-state index contributed by atoms with van der Waals surface area (Å²) in [5.74, 6) is -2.10. The van der Waals surface area contributed by atoms with Gasteiger partial charge in [0.05, 0.1) is 11.6 Å². The van der Waals surface area contributed by atoms with Crippen LogP contribution in [0.1, 0.15) is 6.92 Å². The van der Waals surface area contributed by atoms with E-state index in [1.807, 2.05) is 0 Å². The van der Waals surface area contributed by atoms with Crippen LogP contribution >= 0.6 is 46.4 Å². The molecule has 0 saturated carbocycles. The monoisotopic (exact) mass is 278 g/mol. The summed E-state index contributed by atoms with van der Waals surface area (Å²) in [5.41, 5.74) is 0.766. The Kier molecular flexibility index (Phi) is 5.83. The molecule has 0 bridgehead atoms. The SMILES string of the molecule is CCOC(=O)C(Cl)(Cl)C(=O)/C(Cl)=C\Cl. The number of Topliss-reactive ketones (excluding diaryl/α,β-unsaturated/α-hetero) is 1. The van der Waals surface area contributed by atoms with Gasteiger partial charge in [-0.1, -0.05) is 46.4 Å². The Morgan fingerprint density at radius 2 is 1.93 bits per heavy atom. The van der Waals surface area contributed by atoms with E-state index >= 15 is 0 Å². The van der Waals surface area contributed by atoms with Crippen molar-refractivity contribution in [3.63, 3.8) is 0 Å². The van der Waals surface area contributed by atoms with Crippen molar-refractivity contribution in [2.24, 2.45) is 0 Å². The third kappa shape index (κ3) is 3.31. The average Bonchev–Trinajstić information content (AvgIpc) is 2.15. The van der Waals surface area contributed by atoms with Gasteiger partial charge in [0.1, 0.15) is 0 Å². The topological polar surface area (TPSA) is 43.4 Å². The molecule has 0 aromatic rings. The van der Waals surface area contributed by atoms with Gasteiger partial charge < -0.3 is 4.74 Å². The number of ketones is 1. The first-order chi connectivity index (χ1) is 6.37. The second-order valence-corrected chi connectivity index (χ2v) is 4.03. The lowest BCUT2D eigenvalue weighted by Crippen LogP contribution is -2.37. The Bertz CT molecular complexity index is 272. The Morgan fingerprint density at radius 3 is 2.29 bits per heavy atom. The standard InChI is InChI=1S/C7H6Cl4O3/c1-2-14-6(13)7(10,11)5(12)4(9)3-8/h3H,2H2,1H3/b4-3+. The van der Waals surface area contributed by atoms with Crippen LogP contribution in [0.3, 0.4) is 0 Å². The first-order valence-electron chi connectivity index (χ1n) is 3.43. The molecule has 3 nitrogen and oxygen atoms in total.